The van der Waals surface area contributed by atoms with Crippen LogP contribution in [0.4, 0.5) is 0 Å². The minimum absolute atomic E-state index is 0.00316. The fourth-order valence-electron chi connectivity index (χ4n) is 17.7. The molecule has 0 aromatic carbocycles. The number of nitrogens with one attached hydrogen (secondary N) is 1. The average Bonchev–Trinajstić information content (AvgIpc) is 3.64. The van der Waals surface area contributed by atoms with E-state index in [1.54, 1.807) is 0 Å². The topological polar surface area (TPSA) is 111 Å². The first-order chi connectivity index (χ1) is 29.8. The van der Waals surface area contributed by atoms with Gasteiger partial charge in [-0.05, 0) is 146 Å². The van der Waals surface area contributed by atoms with Crippen molar-refractivity contribution in [2.24, 2.45) is 84.2 Å². The molecule has 0 aromatic heterocycles. The van der Waals surface area contributed by atoms with E-state index in [0.29, 0.717) is 57.6 Å². The predicted molar refractivity (Wildman–Crippen MR) is 251 cm³/mol. The second kappa shape index (κ2) is 15.8. The van der Waals surface area contributed by atoms with Crippen molar-refractivity contribution in [3.05, 3.63) is 12.2 Å². The number of esters is 2. The third-order valence-corrected chi connectivity index (χ3v) is 23.6. The lowest BCUT2D eigenvalue weighted by molar-refractivity contribution is -0.320. The SMILES string of the molecule is C=C(C)[C@@H]1CC[C@]2(C(=O)N[C@H]3C[C@@H](C(=O)N4CCOCC4)C3(C)C)CC[C@]3(C)[C@H](CC[C@]4(C)[C@@]5(C)CC[C@H](OC(=O)[C@H]6C[C@@H](C(=O)OCCCC)C6(C)C)C(C)(C)[C@]5(C)CC[C@]43C)C12. The molecule has 0 radical (unpaired) electrons. The van der Waals surface area contributed by atoms with Gasteiger partial charge in [-0.15, -0.1) is 0 Å². The molecule has 0 bridgehead atoms. The summed E-state index contributed by atoms with van der Waals surface area (Å²) in [6.45, 7) is 38.1. The highest BCUT2D eigenvalue weighted by molar-refractivity contribution is 5.86. The van der Waals surface area contributed by atoms with Crippen LogP contribution in [0.5, 0.6) is 0 Å². The van der Waals surface area contributed by atoms with Crippen LogP contribution in [0.2, 0.25) is 0 Å². The quantitative estimate of drug-likeness (QED) is 0.132. The predicted octanol–water partition coefficient (Wildman–Crippen LogP) is 10.7. The molecule has 7 saturated carbocycles. The highest BCUT2D eigenvalue weighted by Crippen LogP contribution is 2.84. The number of nitrogens with zero attached hydrogens (tertiary/aromatic N) is 1. The van der Waals surface area contributed by atoms with Gasteiger partial charge in [0.05, 0.1) is 37.1 Å². The summed E-state index contributed by atoms with van der Waals surface area (Å²) in [5.41, 5.74) is -0.218. The first-order valence-corrected chi connectivity index (χ1v) is 26.0. The monoisotopic (exact) mass is 889 g/mol. The largest absolute Gasteiger partial charge is 0.465 e. The number of unbranched alkanes of at least 4 members (excludes halogenated alkanes) is 1. The highest BCUT2D eigenvalue weighted by atomic mass is 16.5. The molecule has 0 aromatic rings. The molecule has 360 valence electrons. The molecule has 9 nitrogen and oxygen atoms in total. The second-order valence-corrected chi connectivity index (χ2v) is 26.0. The Morgan fingerprint density at radius 2 is 1.33 bits per heavy atom. The average molecular weight is 889 g/mol. The minimum Gasteiger partial charge on any atom is -0.465 e. The number of carbonyl (C=O) groups excluding carboxylic acids is 4. The normalized spacial score (nSPS) is 46.0. The lowest BCUT2D eigenvalue weighted by Crippen LogP contribution is -2.74. The van der Waals surface area contributed by atoms with Gasteiger partial charge in [0.2, 0.25) is 11.8 Å². The van der Waals surface area contributed by atoms with Gasteiger partial charge in [-0.3, -0.25) is 19.2 Å². The molecule has 8 rings (SSSR count). The molecule has 0 spiro atoms. The lowest BCUT2D eigenvalue weighted by Gasteiger charge is -2.80. The third kappa shape index (κ3) is 6.34. The van der Waals surface area contributed by atoms with E-state index in [-0.39, 0.29) is 97.5 Å². The number of fused-ring (bicyclic) bond motifs is 7. The smallest absolute Gasteiger partial charge is 0.309 e. The number of allylic oxidation sites excluding steroid dienone is 1. The van der Waals surface area contributed by atoms with Crippen molar-refractivity contribution < 1.29 is 33.4 Å². The summed E-state index contributed by atoms with van der Waals surface area (Å²) in [5, 5.41) is 3.66. The Balaban J connectivity index is 1.01. The fraction of sp³-hybridized carbons (Fsp3) is 0.891. The van der Waals surface area contributed by atoms with Crippen LogP contribution in [0.25, 0.3) is 0 Å². The molecule has 14 atom stereocenters. The van der Waals surface area contributed by atoms with Gasteiger partial charge >= 0.3 is 11.9 Å². The van der Waals surface area contributed by atoms with Crippen LogP contribution in [0.1, 0.15) is 180 Å². The van der Waals surface area contributed by atoms with Crippen molar-refractivity contribution in [3.63, 3.8) is 0 Å². The van der Waals surface area contributed by atoms with E-state index in [0.717, 1.165) is 77.0 Å². The van der Waals surface area contributed by atoms with Gasteiger partial charge in [0, 0.05) is 30.5 Å². The zero-order chi connectivity index (χ0) is 46.8. The Morgan fingerprint density at radius 1 is 0.703 bits per heavy atom. The van der Waals surface area contributed by atoms with E-state index in [2.05, 4.69) is 88.1 Å². The summed E-state index contributed by atoms with van der Waals surface area (Å²) in [5.74, 6) is 0.457. The fourth-order valence-corrected chi connectivity index (χ4v) is 17.7. The van der Waals surface area contributed by atoms with Gasteiger partial charge in [0.15, 0.2) is 0 Å². The number of ether oxygens (including phenoxy) is 3. The van der Waals surface area contributed by atoms with E-state index in [9.17, 15) is 14.4 Å². The molecule has 2 amide bonds. The molecule has 8 aliphatic rings. The Bertz CT molecular complexity index is 1900. The molecule has 1 N–H and O–H groups in total. The molecule has 64 heavy (non-hydrogen) atoms. The molecule has 1 saturated heterocycles. The van der Waals surface area contributed by atoms with Crippen molar-refractivity contribution in [3.8, 4) is 0 Å². The Labute approximate surface area is 387 Å². The molecule has 8 fully saturated rings. The van der Waals surface area contributed by atoms with Gasteiger partial charge in [-0.2, -0.15) is 0 Å². The first kappa shape index (κ1) is 48.1. The maximum absolute atomic E-state index is 15.2. The number of hydrogen-bond donors (Lipinski definition) is 1. The Hall–Kier alpha value is -2.42. The van der Waals surface area contributed by atoms with E-state index < -0.39 is 10.8 Å². The molecule has 7 aliphatic carbocycles. The van der Waals surface area contributed by atoms with Crippen LogP contribution in [-0.2, 0) is 33.4 Å². The van der Waals surface area contributed by atoms with Crippen molar-refractivity contribution in [1.29, 1.82) is 0 Å². The number of amides is 2. The van der Waals surface area contributed by atoms with Gasteiger partial charge < -0.3 is 24.4 Å². The van der Waals surface area contributed by atoms with Crippen LogP contribution in [-0.4, -0.2) is 73.7 Å². The van der Waals surface area contributed by atoms with Crippen LogP contribution >= 0.6 is 0 Å². The molecular weight excluding hydrogens is 801 g/mol. The summed E-state index contributed by atoms with van der Waals surface area (Å²) in [6.07, 6.45) is 13.0. The zero-order valence-corrected chi connectivity index (χ0v) is 42.6. The van der Waals surface area contributed by atoms with Crippen LogP contribution in [0.15, 0.2) is 12.2 Å². The number of carbonyl (C=O) groups is 4. The molecule has 1 aliphatic heterocycles. The molecule has 1 unspecified atom stereocenters. The third-order valence-electron chi connectivity index (χ3n) is 23.6. The highest BCUT2D eigenvalue weighted by Gasteiger charge is 2.78. The van der Waals surface area contributed by atoms with Gasteiger partial charge in [-0.1, -0.05) is 102 Å². The lowest BCUT2D eigenvalue weighted by atomic mass is 9.25. The van der Waals surface area contributed by atoms with Crippen molar-refractivity contribution >= 4 is 23.8 Å². The molecule has 1 heterocycles. The van der Waals surface area contributed by atoms with E-state index in [4.69, 9.17) is 14.2 Å². The standard InChI is InChI=1S/C55H88N2O7/c1-15-16-29-63-44(59)38-32-39(47(38,4)5)45(60)64-41-19-21-53(13)51(11,49(41,8)9)24-25-52(12)50(10)23-26-55(22-17-35(34(2)3)42(55)36(50)18-20-54(52,53)14)46(61)56-40-33-37(48(40,6)7)43(58)57-27-30-62-31-28-57/h35-42H,2,15-33H2,1,3-14H3,(H,56,61)/t35-,36+,37-,38-,39+,40-,41-,42?,50+,51-,52-,53-,54-,55-/m0/s1. The first-order valence-electron chi connectivity index (χ1n) is 26.0. The second-order valence-electron chi connectivity index (χ2n) is 26.0. The maximum Gasteiger partial charge on any atom is 0.309 e. The molecule has 9 heteroatoms. The van der Waals surface area contributed by atoms with Crippen LogP contribution in [0, 0.1) is 84.2 Å². The van der Waals surface area contributed by atoms with E-state index in [1.807, 2.05) is 18.7 Å². The van der Waals surface area contributed by atoms with E-state index in [1.165, 1.54) is 5.57 Å². The summed E-state index contributed by atoms with van der Waals surface area (Å²) < 4.78 is 17.8. The van der Waals surface area contributed by atoms with Gasteiger partial charge in [0.25, 0.3) is 0 Å². The van der Waals surface area contributed by atoms with Gasteiger partial charge in [0.1, 0.15) is 6.10 Å². The van der Waals surface area contributed by atoms with Crippen molar-refractivity contribution in [2.45, 2.75) is 192 Å². The van der Waals surface area contributed by atoms with Crippen LogP contribution in [0.3, 0.4) is 0 Å². The summed E-state index contributed by atoms with van der Waals surface area (Å²) in [7, 11) is 0. The zero-order valence-electron chi connectivity index (χ0n) is 42.6. The summed E-state index contributed by atoms with van der Waals surface area (Å²) in [6, 6.07) is -0.0145. The number of hydrogen-bond acceptors (Lipinski definition) is 7. The van der Waals surface area contributed by atoms with E-state index >= 15 is 4.79 Å². The van der Waals surface area contributed by atoms with Crippen molar-refractivity contribution in [2.75, 3.05) is 32.9 Å². The summed E-state index contributed by atoms with van der Waals surface area (Å²) in [4.78, 5) is 57.9. The summed E-state index contributed by atoms with van der Waals surface area (Å²) >= 11 is 0. The molecular formula is C55H88N2O7. The maximum atomic E-state index is 15.2. The van der Waals surface area contributed by atoms with Crippen molar-refractivity contribution in [1.82, 2.24) is 10.2 Å². The van der Waals surface area contributed by atoms with Gasteiger partial charge in [-0.25, -0.2) is 0 Å². The number of rotatable bonds is 10. The minimum atomic E-state index is -0.493. The van der Waals surface area contributed by atoms with Crippen LogP contribution < -0.4 is 5.32 Å². The Morgan fingerprint density at radius 3 is 1.95 bits per heavy atom. The Kier molecular flexibility index (Phi) is 11.9. The number of morpholine rings is 1.